The van der Waals surface area contributed by atoms with Crippen LogP contribution in [0.1, 0.15) is 11.1 Å². The van der Waals surface area contributed by atoms with Crippen LogP contribution in [0.2, 0.25) is 10.0 Å². The number of anilines is 1. The first-order valence-corrected chi connectivity index (χ1v) is 12.4. The normalized spacial score (nSPS) is 11.2. The first-order valence-electron chi connectivity index (χ1n) is 10.2. The Morgan fingerprint density at radius 1 is 1.00 bits per heavy atom. The van der Waals surface area contributed by atoms with Crippen molar-refractivity contribution in [3.8, 4) is 5.75 Å². The van der Waals surface area contributed by atoms with Crippen LogP contribution in [0.25, 0.3) is 0 Å². The van der Waals surface area contributed by atoms with Crippen LogP contribution < -0.4 is 14.4 Å². The highest BCUT2D eigenvalue weighted by Crippen LogP contribution is 2.32. The molecular formula is C24H24Cl2N2O4S. The average Bonchev–Trinajstić information content (AvgIpc) is 2.77. The smallest absolute Gasteiger partial charge is 0.264 e. The summed E-state index contributed by atoms with van der Waals surface area (Å²) in [4.78, 5) is 12.7. The maximum atomic E-state index is 13.3. The van der Waals surface area contributed by atoms with Crippen molar-refractivity contribution >= 4 is 44.8 Å². The fourth-order valence-corrected chi connectivity index (χ4v) is 5.22. The summed E-state index contributed by atoms with van der Waals surface area (Å²) in [7, 11) is -4.05. The lowest BCUT2D eigenvalue weighted by Gasteiger charge is -2.25. The molecule has 0 aliphatic heterocycles. The van der Waals surface area contributed by atoms with Crippen molar-refractivity contribution in [2.75, 3.05) is 24.0 Å². The zero-order valence-corrected chi connectivity index (χ0v) is 20.5. The minimum Gasteiger partial charge on any atom is -0.491 e. The van der Waals surface area contributed by atoms with Gasteiger partial charge in [0.2, 0.25) is 5.91 Å². The van der Waals surface area contributed by atoms with Crippen LogP contribution in [0.4, 0.5) is 5.69 Å². The van der Waals surface area contributed by atoms with Crippen molar-refractivity contribution in [2.45, 2.75) is 18.7 Å². The minimum atomic E-state index is -4.05. The Morgan fingerprint density at radius 2 is 1.73 bits per heavy atom. The SMILES string of the molecule is Cc1ccc(OCCNC(=O)CN(c2ccc(Cl)cc2Cl)S(=O)(=O)c2ccccc2)c(C)c1. The van der Waals surface area contributed by atoms with E-state index in [0.29, 0.717) is 5.02 Å². The van der Waals surface area contributed by atoms with Gasteiger partial charge in [-0.05, 0) is 55.8 Å². The second-order valence-corrected chi connectivity index (χ2v) is 10.1. The zero-order chi connectivity index (χ0) is 24.0. The second kappa shape index (κ2) is 10.9. The molecule has 0 atom stereocenters. The molecule has 6 nitrogen and oxygen atoms in total. The highest BCUT2D eigenvalue weighted by Gasteiger charge is 2.28. The molecule has 0 aliphatic rings. The monoisotopic (exact) mass is 506 g/mol. The number of rotatable bonds is 9. The van der Waals surface area contributed by atoms with Crippen LogP contribution in [0.3, 0.4) is 0 Å². The van der Waals surface area contributed by atoms with Gasteiger partial charge in [0.05, 0.1) is 22.2 Å². The molecule has 174 valence electrons. The van der Waals surface area contributed by atoms with Crippen molar-refractivity contribution in [1.82, 2.24) is 5.32 Å². The van der Waals surface area contributed by atoms with Crippen molar-refractivity contribution in [3.63, 3.8) is 0 Å². The van der Waals surface area contributed by atoms with E-state index in [-0.39, 0.29) is 28.8 Å². The molecule has 1 N–H and O–H groups in total. The molecule has 0 heterocycles. The fourth-order valence-electron chi connectivity index (χ4n) is 3.20. The van der Waals surface area contributed by atoms with Crippen LogP contribution in [-0.4, -0.2) is 34.0 Å². The van der Waals surface area contributed by atoms with Crippen LogP contribution >= 0.6 is 23.2 Å². The molecule has 0 spiro atoms. The second-order valence-electron chi connectivity index (χ2n) is 7.39. The van der Waals surface area contributed by atoms with Gasteiger partial charge in [-0.3, -0.25) is 9.10 Å². The van der Waals surface area contributed by atoms with Crippen LogP contribution in [0.15, 0.2) is 71.6 Å². The standard InChI is InChI=1S/C24H24Cl2N2O4S/c1-17-8-11-23(18(2)14-17)32-13-12-27-24(29)16-28(22-10-9-19(25)15-21(22)26)33(30,31)20-6-4-3-5-7-20/h3-11,14-15H,12-13,16H2,1-2H3,(H,27,29). The third-order valence-electron chi connectivity index (χ3n) is 4.81. The lowest BCUT2D eigenvalue weighted by molar-refractivity contribution is -0.119. The predicted molar refractivity (Wildman–Crippen MR) is 132 cm³/mol. The van der Waals surface area contributed by atoms with Crippen molar-refractivity contribution in [1.29, 1.82) is 0 Å². The Morgan fingerprint density at radius 3 is 2.39 bits per heavy atom. The van der Waals surface area contributed by atoms with Crippen LogP contribution in [0, 0.1) is 13.8 Å². The molecule has 1 amide bonds. The Balaban J connectivity index is 1.72. The molecule has 0 aromatic heterocycles. The van der Waals surface area contributed by atoms with Gasteiger partial charge in [-0.2, -0.15) is 0 Å². The van der Waals surface area contributed by atoms with E-state index in [1.807, 2.05) is 32.0 Å². The molecule has 3 aromatic carbocycles. The third-order valence-corrected chi connectivity index (χ3v) is 7.12. The number of carbonyl (C=O) groups excluding carboxylic acids is 1. The van der Waals surface area contributed by atoms with E-state index in [1.165, 1.54) is 30.3 Å². The summed E-state index contributed by atoms with van der Waals surface area (Å²) in [6.45, 7) is 3.94. The van der Waals surface area contributed by atoms with Gasteiger partial charge in [0.15, 0.2) is 0 Å². The number of sulfonamides is 1. The number of ether oxygens (including phenoxy) is 1. The Hall–Kier alpha value is -2.74. The molecule has 33 heavy (non-hydrogen) atoms. The topological polar surface area (TPSA) is 75.7 Å². The molecule has 0 fully saturated rings. The van der Waals surface area contributed by atoms with Gasteiger partial charge in [0, 0.05) is 5.02 Å². The number of amides is 1. The number of nitrogens with one attached hydrogen (secondary N) is 1. The molecule has 0 saturated heterocycles. The molecule has 0 bridgehead atoms. The van der Waals surface area contributed by atoms with Gasteiger partial charge in [0.25, 0.3) is 10.0 Å². The van der Waals surface area contributed by atoms with E-state index in [4.69, 9.17) is 27.9 Å². The fraction of sp³-hybridized carbons (Fsp3) is 0.208. The van der Waals surface area contributed by atoms with E-state index < -0.39 is 22.5 Å². The molecule has 3 aromatic rings. The Labute approximate surface area is 204 Å². The van der Waals surface area contributed by atoms with Crippen LogP contribution in [0.5, 0.6) is 5.75 Å². The van der Waals surface area contributed by atoms with Gasteiger partial charge in [0.1, 0.15) is 18.9 Å². The number of hydrogen-bond donors (Lipinski definition) is 1. The van der Waals surface area contributed by atoms with E-state index in [9.17, 15) is 13.2 Å². The van der Waals surface area contributed by atoms with Gasteiger partial charge in [-0.15, -0.1) is 0 Å². The number of benzene rings is 3. The van der Waals surface area contributed by atoms with E-state index in [2.05, 4.69) is 5.32 Å². The summed E-state index contributed by atoms with van der Waals surface area (Å²) in [5.41, 5.74) is 2.29. The van der Waals surface area contributed by atoms with Crippen LogP contribution in [-0.2, 0) is 14.8 Å². The highest BCUT2D eigenvalue weighted by molar-refractivity contribution is 7.92. The number of hydrogen-bond acceptors (Lipinski definition) is 4. The summed E-state index contributed by atoms with van der Waals surface area (Å²) in [5, 5.41) is 3.17. The summed E-state index contributed by atoms with van der Waals surface area (Å²) in [6.07, 6.45) is 0. The average molecular weight is 507 g/mol. The molecule has 9 heteroatoms. The number of nitrogens with zero attached hydrogens (tertiary/aromatic N) is 1. The first-order chi connectivity index (χ1) is 15.7. The predicted octanol–water partition coefficient (Wildman–Crippen LogP) is 5.00. The molecule has 3 rings (SSSR count). The number of aryl methyl sites for hydroxylation is 2. The summed E-state index contributed by atoms with van der Waals surface area (Å²) < 4.78 is 33.3. The van der Waals surface area contributed by atoms with Gasteiger partial charge < -0.3 is 10.1 Å². The quantitative estimate of drug-likeness (QED) is 0.414. The summed E-state index contributed by atoms with van der Waals surface area (Å²) in [6, 6.07) is 18.1. The lowest BCUT2D eigenvalue weighted by atomic mass is 10.1. The minimum absolute atomic E-state index is 0.0435. The van der Waals surface area contributed by atoms with E-state index >= 15 is 0 Å². The van der Waals surface area contributed by atoms with Gasteiger partial charge >= 0.3 is 0 Å². The Kier molecular flexibility index (Phi) is 8.24. The third kappa shape index (κ3) is 6.41. The highest BCUT2D eigenvalue weighted by atomic mass is 35.5. The summed E-state index contributed by atoms with van der Waals surface area (Å²) in [5.74, 6) is 0.237. The maximum absolute atomic E-state index is 13.3. The number of carbonyl (C=O) groups is 1. The van der Waals surface area contributed by atoms with Crippen molar-refractivity contribution < 1.29 is 17.9 Å². The van der Waals surface area contributed by atoms with Crippen molar-refractivity contribution in [2.24, 2.45) is 0 Å². The molecular weight excluding hydrogens is 483 g/mol. The van der Waals surface area contributed by atoms with Crippen molar-refractivity contribution in [3.05, 3.63) is 87.9 Å². The van der Waals surface area contributed by atoms with Gasteiger partial charge in [-0.25, -0.2) is 8.42 Å². The lowest BCUT2D eigenvalue weighted by Crippen LogP contribution is -2.42. The number of halogens is 2. The van der Waals surface area contributed by atoms with E-state index in [1.54, 1.807) is 18.2 Å². The van der Waals surface area contributed by atoms with E-state index in [0.717, 1.165) is 21.2 Å². The maximum Gasteiger partial charge on any atom is 0.264 e. The molecule has 0 radical (unpaired) electrons. The molecule has 0 aliphatic carbocycles. The van der Waals surface area contributed by atoms with Gasteiger partial charge in [-0.1, -0.05) is 59.1 Å². The molecule has 0 unspecified atom stereocenters. The first kappa shape index (κ1) is 24.9. The zero-order valence-electron chi connectivity index (χ0n) is 18.2. The summed E-state index contributed by atoms with van der Waals surface area (Å²) >= 11 is 12.2. The molecule has 0 saturated carbocycles. The largest absolute Gasteiger partial charge is 0.491 e. The Bertz CT molecular complexity index is 1230.